The minimum atomic E-state index is -0.885. The van der Waals surface area contributed by atoms with E-state index in [0.717, 1.165) is 57.8 Å². The molecule has 0 aliphatic carbocycles. The Labute approximate surface area is 374 Å². The first kappa shape index (κ1) is 57.8. The topological polar surface area (TPSA) is 99.1 Å². The lowest BCUT2D eigenvalue weighted by molar-refractivity contribution is -0.887. The second kappa shape index (κ2) is 43.4. The molecule has 0 bridgehead atoms. The lowest BCUT2D eigenvalue weighted by Gasteiger charge is -2.31. The van der Waals surface area contributed by atoms with Gasteiger partial charge in [-0.3, -0.25) is 9.59 Å². The van der Waals surface area contributed by atoms with Gasteiger partial charge in [0.1, 0.15) is 6.61 Å². The van der Waals surface area contributed by atoms with Crippen LogP contribution >= 0.6 is 0 Å². The standard InChI is InChI=1S/C53H91NO7/c1-6-8-10-12-14-16-18-20-22-24-25-26-28-30-32-34-36-38-40-42-44-52(56)61-49(47-59-46-45-50(53(57)58)54(3,4)5)48-60-51(55)43-41-39-37-35-33-31-29-27-23-21-19-17-15-13-11-9-7-2/h9,11,15,17,21,23,25-26,29,31,35,37,49-50H,6-8,10,12-14,16,18-20,22,24,27-28,30,32-34,36,38-48H2,1-5H3/p+1/b11-9+,17-15+,23-21+,26-25+,31-29+,37-35+. The van der Waals surface area contributed by atoms with E-state index in [2.05, 4.69) is 86.8 Å². The molecule has 0 aliphatic rings. The van der Waals surface area contributed by atoms with Crippen molar-refractivity contribution in [3.05, 3.63) is 72.9 Å². The predicted octanol–water partition coefficient (Wildman–Crippen LogP) is 13.9. The molecule has 0 saturated heterocycles. The third-order valence-electron chi connectivity index (χ3n) is 10.6. The molecular formula is C53H92NO7+. The van der Waals surface area contributed by atoms with Crippen molar-refractivity contribution in [2.24, 2.45) is 0 Å². The number of aliphatic carboxylic acids is 1. The van der Waals surface area contributed by atoms with Gasteiger partial charge in [0.15, 0.2) is 12.1 Å². The van der Waals surface area contributed by atoms with Crippen LogP contribution in [0.4, 0.5) is 0 Å². The molecule has 0 aliphatic heterocycles. The highest BCUT2D eigenvalue weighted by molar-refractivity contribution is 5.72. The number of hydrogen-bond donors (Lipinski definition) is 1. The van der Waals surface area contributed by atoms with E-state index in [1.165, 1.54) is 96.3 Å². The van der Waals surface area contributed by atoms with Crippen LogP contribution in [-0.4, -0.2) is 80.6 Å². The summed E-state index contributed by atoms with van der Waals surface area (Å²) in [6.45, 7) is 4.56. The van der Waals surface area contributed by atoms with Crippen molar-refractivity contribution in [2.75, 3.05) is 41.0 Å². The van der Waals surface area contributed by atoms with Crippen molar-refractivity contribution in [3.63, 3.8) is 0 Å². The van der Waals surface area contributed by atoms with Gasteiger partial charge < -0.3 is 23.8 Å². The highest BCUT2D eigenvalue weighted by Crippen LogP contribution is 2.14. The maximum atomic E-state index is 12.8. The normalized spacial score (nSPS) is 13.5. The van der Waals surface area contributed by atoms with E-state index in [1.54, 1.807) is 0 Å². The zero-order chi connectivity index (χ0) is 44.9. The molecule has 61 heavy (non-hydrogen) atoms. The fourth-order valence-corrected chi connectivity index (χ4v) is 6.83. The van der Waals surface area contributed by atoms with Crippen LogP contribution in [0.5, 0.6) is 0 Å². The molecular weight excluding hydrogens is 763 g/mol. The number of unbranched alkanes of at least 4 members (excludes halogenated alkanes) is 17. The molecule has 1 N–H and O–H groups in total. The monoisotopic (exact) mass is 855 g/mol. The minimum absolute atomic E-state index is 0.0387. The highest BCUT2D eigenvalue weighted by atomic mass is 16.6. The highest BCUT2D eigenvalue weighted by Gasteiger charge is 2.31. The molecule has 0 heterocycles. The Balaban J connectivity index is 4.37. The number of esters is 2. The summed E-state index contributed by atoms with van der Waals surface area (Å²) in [7, 11) is 5.51. The van der Waals surface area contributed by atoms with Crippen molar-refractivity contribution in [2.45, 2.75) is 206 Å². The first-order valence-electron chi connectivity index (χ1n) is 24.5. The summed E-state index contributed by atoms with van der Waals surface area (Å²) in [5, 5.41) is 9.64. The van der Waals surface area contributed by atoms with Crippen LogP contribution in [0.1, 0.15) is 194 Å². The van der Waals surface area contributed by atoms with E-state index in [4.69, 9.17) is 14.2 Å². The maximum absolute atomic E-state index is 12.8. The van der Waals surface area contributed by atoms with Gasteiger partial charge in [-0.1, -0.05) is 170 Å². The fourth-order valence-electron chi connectivity index (χ4n) is 6.83. The van der Waals surface area contributed by atoms with Gasteiger partial charge in [0.2, 0.25) is 0 Å². The van der Waals surface area contributed by atoms with Crippen molar-refractivity contribution >= 4 is 17.9 Å². The number of rotatable bonds is 43. The maximum Gasteiger partial charge on any atom is 0.362 e. The second-order valence-electron chi connectivity index (χ2n) is 17.3. The number of hydrogen-bond acceptors (Lipinski definition) is 6. The SMILES string of the molecule is CC/C=C/C/C=C/C/C=C/C/C=C/C/C=C/CCCC(=O)OCC(COCCC(C(=O)O)[N+](C)(C)C)OC(=O)CCCCCCCCC/C=C/CCCCCCCCCCC. The summed E-state index contributed by atoms with van der Waals surface area (Å²) in [5.41, 5.74) is 0. The zero-order valence-electron chi connectivity index (χ0n) is 39.8. The molecule has 0 amide bonds. The molecule has 2 unspecified atom stereocenters. The number of ether oxygens (including phenoxy) is 3. The molecule has 2 atom stereocenters. The first-order valence-corrected chi connectivity index (χ1v) is 24.5. The summed E-state index contributed by atoms with van der Waals surface area (Å²) >= 11 is 0. The van der Waals surface area contributed by atoms with Gasteiger partial charge in [0.25, 0.3) is 0 Å². The van der Waals surface area contributed by atoms with Crippen molar-refractivity contribution in [1.29, 1.82) is 0 Å². The number of carbonyl (C=O) groups is 3. The molecule has 0 spiro atoms. The molecule has 8 heteroatoms. The first-order chi connectivity index (χ1) is 29.6. The molecule has 0 aromatic heterocycles. The van der Waals surface area contributed by atoms with E-state index in [-0.39, 0.29) is 42.7 Å². The average molecular weight is 855 g/mol. The summed E-state index contributed by atoms with van der Waals surface area (Å²) in [4.78, 5) is 37.1. The number of carboxylic acid groups (broad SMARTS) is 1. The average Bonchev–Trinajstić information content (AvgIpc) is 3.22. The van der Waals surface area contributed by atoms with Gasteiger partial charge >= 0.3 is 17.9 Å². The van der Waals surface area contributed by atoms with Gasteiger partial charge in [-0.15, -0.1) is 0 Å². The number of nitrogens with zero attached hydrogens (tertiary/aromatic N) is 1. The van der Waals surface area contributed by atoms with E-state index < -0.39 is 18.1 Å². The van der Waals surface area contributed by atoms with E-state index in [0.29, 0.717) is 19.3 Å². The van der Waals surface area contributed by atoms with Gasteiger partial charge in [0, 0.05) is 19.3 Å². The summed E-state index contributed by atoms with van der Waals surface area (Å²) in [6, 6.07) is -0.627. The summed E-state index contributed by atoms with van der Waals surface area (Å²) in [5.74, 6) is -1.55. The van der Waals surface area contributed by atoms with Crippen LogP contribution in [0.25, 0.3) is 0 Å². The second-order valence-corrected chi connectivity index (χ2v) is 17.3. The molecule has 0 radical (unpaired) electrons. The van der Waals surface area contributed by atoms with Crippen LogP contribution in [0.2, 0.25) is 0 Å². The Hall–Kier alpha value is -3.23. The van der Waals surface area contributed by atoms with Crippen LogP contribution < -0.4 is 0 Å². The molecule has 0 fully saturated rings. The Kier molecular flexibility index (Phi) is 41.1. The largest absolute Gasteiger partial charge is 0.477 e. The Bertz CT molecular complexity index is 1230. The molecule has 8 nitrogen and oxygen atoms in total. The van der Waals surface area contributed by atoms with Crippen LogP contribution in [0, 0.1) is 0 Å². The Morgan fingerprint density at radius 3 is 1.43 bits per heavy atom. The fraction of sp³-hybridized carbons (Fsp3) is 0.717. The van der Waals surface area contributed by atoms with Crippen molar-refractivity contribution < 1.29 is 38.2 Å². The van der Waals surface area contributed by atoms with E-state index in [9.17, 15) is 19.5 Å². The van der Waals surface area contributed by atoms with Crippen molar-refractivity contribution in [1.82, 2.24) is 0 Å². The smallest absolute Gasteiger partial charge is 0.362 e. The minimum Gasteiger partial charge on any atom is -0.477 e. The number of allylic oxidation sites excluding steroid dienone is 12. The van der Waals surface area contributed by atoms with Crippen LogP contribution in [0.15, 0.2) is 72.9 Å². The lowest BCUT2D eigenvalue weighted by atomic mass is 10.1. The van der Waals surface area contributed by atoms with Gasteiger partial charge in [-0.05, 0) is 77.0 Å². The predicted molar refractivity (Wildman–Crippen MR) is 257 cm³/mol. The van der Waals surface area contributed by atoms with Crippen molar-refractivity contribution in [3.8, 4) is 0 Å². The molecule has 0 rings (SSSR count). The van der Waals surface area contributed by atoms with Gasteiger partial charge in [-0.2, -0.15) is 0 Å². The molecule has 0 aromatic rings. The molecule has 0 saturated carbocycles. The lowest BCUT2D eigenvalue weighted by Crippen LogP contribution is -2.50. The van der Waals surface area contributed by atoms with E-state index >= 15 is 0 Å². The molecule has 350 valence electrons. The third-order valence-corrected chi connectivity index (χ3v) is 10.6. The Morgan fingerprint density at radius 1 is 0.508 bits per heavy atom. The Morgan fingerprint density at radius 2 is 0.934 bits per heavy atom. The zero-order valence-corrected chi connectivity index (χ0v) is 39.8. The van der Waals surface area contributed by atoms with Gasteiger partial charge in [-0.25, -0.2) is 4.79 Å². The summed E-state index contributed by atoms with van der Waals surface area (Å²) < 4.78 is 17.3. The number of quaternary nitrogens is 1. The number of carbonyl (C=O) groups excluding carboxylic acids is 2. The number of carboxylic acids is 1. The quantitative estimate of drug-likeness (QED) is 0.0282. The molecule has 0 aromatic carbocycles. The summed E-state index contributed by atoms with van der Waals surface area (Å²) in [6.07, 6.45) is 55.3. The van der Waals surface area contributed by atoms with Gasteiger partial charge in [0.05, 0.1) is 34.4 Å². The third kappa shape index (κ3) is 41.9. The van der Waals surface area contributed by atoms with Crippen LogP contribution in [-0.2, 0) is 28.6 Å². The van der Waals surface area contributed by atoms with Crippen LogP contribution in [0.3, 0.4) is 0 Å². The number of likely N-dealkylation sites (N-methyl/N-ethyl adjacent to an activating group) is 1. The van der Waals surface area contributed by atoms with E-state index in [1.807, 2.05) is 21.1 Å².